The normalized spacial score (nSPS) is 18.9. The Bertz CT molecular complexity index is 956. The second-order valence-electron chi connectivity index (χ2n) is 8.07. The largest absolute Gasteiger partial charge is 0.501 e. The van der Waals surface area contributed by atoms with E-state index in [1.807, 2.05) is 0 Å². The minimum absolute atomic E-state index is 0.0428. The summed E-state index contributed by atoms with van der Waals surface area (Å²) in [6.07, 6.45) is 6.23. The van der Waals surface area contributed by atoms with E-state index in [0.29, 0.717) is 32.0 Å². The number of carbonyl (C=O) groups is 1. The van der Waals surface area contributed by atoms with Crippen molar-refractivity contribution in [3.63, 3.8) is 0 Å². The molecule has 0 unspecified atom stereocenters. The molecule has 13 heteroatoms. The highest BCUT2D eigenvalue weighted by molar-refractivity contribution is 7.92. The zero-order valence-electron chi connectivity index (χ0n) is 17.2. The highest BCUT2D eigenvalue weighted by Gasteiger charge is 2.47. The van der Waals surface area contributed by atoms with Gasteiger partial charge in [-0.05, 0) is 37.8 Å². The topological polar surface area (TPSA) is 122 Å². The van der Waals surface area contributed by atoms with Gasteiger partial charge in [0.25, 0.3) is 15.5 Å². The fourth-order valence-corrected chi connectivity index (χ4v) is 4.92. The molecular formula is C19H25F3N4O5S. The summed E-state index contributed by atoms with van der Waals surface area (Å²) in [6.45, 7) is 0.640. The van der Waals surface area contributed by atoms with Crippen molar-refractivity contribution in [3.05, 3.63) is 28.3 Å². The molecule has 2 amide bonds. The quantitative estimate of drug-likeness (QED) is 0.494. The number of benzene rings is 1. The summed E-state index contributed by atoms with van der Waals surface area (Å²) < 4.78 is 61.6. The van der Waals surface area contributed by atoms with Gasteiger partial charge in [-0.15, -0.1) is 0 Å². The number of halogens is 3. The summed E-state index contributed by atoms with van der Waals surface area (Å²) in [7, 11) is -5.69. The molecule has 2 N–H and O–H groups in total. The summed E-state index contributed by atoms with van der Waals surface area (Å²) in [5.41, 5.74) is -6.22. The van der Waals surface area contributed by atoms with Crippen LogP contribution in [0.2, 0.25) is 0 Å². The van der Waals surface area contributed by atoms with E-state index in [2.05, 4.69) is 10.6 Å². The third kappa shape index (κ3) is 5.43. The summed E-state index contributed by atoms with van der Waals surface area (Å²) in [4.78, 5) is 23.2. The van der Waals surface area contributed by atoms with Crippen molar-refractivity contribution < 1.29 is 31.3 Å². The standard InChI is InChI=1S/C19H25F3N4O5S/c20-19(21,22)32(30,31)15-6-7-16(17(12-15)26(28)29)25-10-8-14(9-11-25)24-18(27)23-13-4-2-1-3-5-13/h6-7,12-14H,1-5,8-11H2,(H2,23,24,27). The first-order valence-corrected chi connectivity index (χ1v) is 11.9. The lowest BCUT2D eigenvalue weighted by Gasteiger charge is -2.34. The molecule has 1 aliphatic heterocycles. The van der Waals surface area contributed by atoms with Crippen molar-refractivity contribution in [2.24, 2.45) is 0 Å². The van der Waals surface area contributed by atoms with Crippen molar-refractivity contribution in [2.45, 2.75) is 67.4 Å². The van der Waals surface area contributed by atoms with E-state index < -0.39 is 30.9 Å². The SMILES string of the molecule is O=C(NC1CCCCC1)NC1CCN(c2ccc(S(=O)(=O)C(F)(F)F)cc2[N+](=O)[O-])CC1. The molecule has 0 bridgehead atoms. The van der Waals surface area contributed by atoms with E-state index in [1.165, 1.54) is 6.42 Å². The number of piperidine rings is 1. The van der Waals surface area contributed by atoms with Crippen LogP contribution >= 0.6 is 0 Å². The van der Waals surface area contributed by atoms with Gasteiger partial charge < -0.3 is 15.5 Å². The lowest BCUT2D eigenvalue weighted by Crippen LogP contribution is -2.50. The second-order valence-corrected chi connectivity index (χ2v) is 10.0. The summed E-state index contributed by atoms with van der Waals surface area (Å²) in [5.74, 6) is 0. The monoisotopic (exact) mass is 478 g/mol. The van der Waals surface area contributed by atoms with E-state index in [9.17, 15) is 36.5 Å². The molecule has 2 fully saturated rings. The van der Waals surface area contributed by atoms with Crippen LogP contribution in [0.1, 0.15) is 44.9 Å². The van der Waals surface area contributed by atoms with Crippen LogP contribution < -0.4 is 15.5 Å². The number of nitrogens with zero attached hydrogens (tertiary/aromatic N) is 2. The van der Waals surface area contributed by atoms with Gasteiger partial charge in [0.15, 0.2) is 0 Å². The van der Waals surface area contributed by atoms with Gasteiger partial charge in [0, 0.05) is 31.2 Å². The molecule has 0 atom stereocenters. The number of nitro benzene ring substituents is 1. The van der Waals surface area contributed by atoms with E-state index in [-0.39, 0.29) is 23.8 Å². The van der Waals surface area contributed by atoms with Crippen LogP contribution in [0.25, 0.3) is 0 Å². The van der Waals surface area contributed by atoms with E-state index in [4.69, 9.17) is 0 Å². The predicted molar refractivity (Wildman–Crippen MR) is 110 cm³/mol. The van der Waals surface area contributed by atoms with Crippen molar-refractivity contribution in [1.82, 2.24) is 10.6 Å². The minimum atomic E-state index is -5.69. The van der Waals surface area contributed by atoms with Gasteiger partial charge in [-0.1, -0.05) is 19.3 Å². The fourth-order valence-electron chi connectivity index (χ4n) is 4.14. The maximum absolute atomic E-state index is 12.8. The molecule has 1 heterocycles. The number of alkyl halides is 3. The molecule has 1 saturated heterocycles. The number of sulfone groups is 1. The van der Waals surface area contributed by atoms with Crippen LogP contribution in [0.3, 0.4) is 0 Å². The number of hydrogen-bond acceptors (Lipinski definition) is 6. The van der Waals surface area contributed by atoms with Crippen molar-refractivity contribution in [2.75, 3.05) is 18.0 Å². The molecule has 2 aliphatic rings. The van der Waals surface area contributed by atoms with Crippen LogP contribution in [-0.2, 0) is 9.84 Å². The van der Waals surface area contributed by atoms with Gasteiger partial charge in [-0.25, -0.2) is 13.2 Å². The third-order valence-electron chi connectivity index (χ3n) is 5.87. The molecule has 1 aliphatic carbocycles. The average Bonchev–Trinajstić information content (AvgIpc) is 2.73. The van der Waals surface area contributed by atoms with Crippen molar-refractivity contribution in [1.29, 1.82) is 0 Å². The van der Waals surface area contributed by atoms with Crippen LogP contribution in [0.15, 0.2) is 23.1 Å². The van der Waals surface area contributed by atoms with Crippen LogP contribution in [-0.4, -0.2) is 50.1 Å². The Kier molecular flexibility index (Phi) is 7.16. The van der Waals surface area contributed by atoms with Gasteiger partial charge in [0.1, 0.15) is 5.69 Å². The maximum Gasteiger partial charge on any atom is 0.501 e. The Morgan fingerprint density at radius 3 is 2.12 bits per heavy atom. The first kappa shape index (κ1) is 24.1. The smallest absolute Gasteiger partial charge is 0.366 e. The zero-order valence-corrected chi connectivity index (χ0v) is 18.0. The number of amides is 2. The van der Waals surface area contributed by atoms with Crippen LogP contribution in [0.5, 0.6) is 0 Å². The molecule has 32 heavy (non-hydrogen) atoms. The number of urea groups is 1. The lowest BCUT2D eigenvalue weighted by molar-refractivity contribution is -0.384. The molecule has 0 spiro atoms. The first-order valence-electron chi connectivity index (χ1n) is 10.4. The molecular weight excluding hydrogens is 453 g/mol. The molecule has 3 rings (SSSR count). The van der Waals surface area contributed by atoms with Gasteiger partial charge in [-0.2, -0.15) is 13.2 Å². The molecule has 9 nitrogen and oxygen atoms in total. The molecule has 178 valence electrons. The number of nitro groups is 1. The molecule has 1 aromatic rings. The Balaban J connectivity index is 1.64. The van der Waals surface area contributed by atoms with Gasteiger partial charge in [0.05, 0.1) is 9.82 Å². The Morgan fingerprint density at radius 1 is 1.03 bits per heavy atom. The minimum Gasteiger partial charge on any atom is -0.366 e. The van der Waals surface area contributed by atoms with Crippen molar-refractivity contribution in [3.8, 4) is 0 Å². The number of rotatable bonds is 5. The molecule has 0 radical (unpaired) electrons. The van der Waals surface area contributed by atoms with Crippen LogP contribution in [0.4, 0.5) is 29.3 Å². The van der Waals surface area contributed by atoms with E-state index in [0.717, 1.165) is 37.8 Å². The van der Waals surface area contributed by atoms with Gasteiger partial charge in [0.2, 0.25) is 0 Å². The second kappa shape index (κ2) is 9.51. The van der Waals surface area contributed by atoms with Crippen LogP contribution in [0, 0.1) is 10.1 Å². The molecule has 1 saturated carbocycles. The summed E-state index contributed by atoms with van der Waals surface area (Å²) in [6, 6.07) is 1.98. The first-order chi connectivity index (χ1) is 15.0. The molecule has 1 aromatic carbocycles. The maximum atomic E-state index is 12.8. The third-order valence-corrected chi connectivity index (χ3v) is 7.35. The van der Waals surface area contributed by atoms with E-state index in [1.54, 1.807) is 4.90 Å². The van der Waals surface area contributed by atoms with Crippen molar-refractivity contribution >= 4 is 27.2 Å². The van der Waals surface area contributed by atoms with Gasteiger partial charge >= 0.3 is 11.5 Å². The number of nitrogens with one attached hydrogen (secondary N) is 2. The Morgan fingerprint density at radius 2 is 1.59 bits per heavy atom. The zero-order chi connectivity index (χ0) is 23.5. The lowest BCUT2D eigenvalue weighted by atomic mass is 9.96. The number of anilines is 1. The molecule has 0 aromatic heterocycles. The number of hydrogen-bond donors (Lipinski definition) is 2. The highest BCUT2D eigenvalue weighted by atomic mass is 32.2. The predicted octanol–water partition coefficient (Wildman–Crippen LogP) is 3.49. The highest BCUT2D eigenvalue weighted by Crippen LogP contribution is 2.36. The summed E-state index contributed by atoms with van der Waals surface area (Å²) >= 11 is 0. The Labute approximate surface area is 183 Å². The summed E-state index contributed by atoms with van der Waals surface area (Å²) in [5, 5.41) is 17.3. The Hall–Kier alpha value is -2.57. The fraction of sp³-hybridized carbons (Fsp3) is 0.632. The average molecular weight is 478 g/mol. The van der Waals surface area contributed by atoms with Gasteiger partial charge in [-0.3, -0.25) is 10.1 Å². The van der Waals surface area contributed by atoms with E-state index >= 15 is 0 Å². The number of carbonyl (C=O) groups excluding carboxylic acids is 1.